The molecule has 0 aliphatic carbocycles. The molecule has 5 heteroatoms. The standard InChI is InChI=1S/C30H42N2O2S/c1-20-10-11-24(16-21(20)2)35(33,34)15-12-23-18-25-26(19-31-27(25)17-22(23)3)29(6,7)30(8)28(4,5)13-14-32(30)9/h10-11,16-19,31H,12-15H2,1-9H3/t30-/m1/s1/i/hD. The molecule has 0 bridgehead atoms. The van der Waals surface area contributed by atoms with Crippen LogP contribution in [0.25, 0.3) is 10.9 Å². The topological polar surface area (TPSA) is 53.2 Å². The first-order valence-electron chi connectivity index (χ1n) is 13.1. The molecule has 0 amide bonds. The van der Waals surface area contributed by atoms with Crippen molar-refractivity contribution in [2.75, 3.05) is 19.3 Å². The first-order chi connectivity index (χ1) is 16.5. The minimum atomic E-state index is -3.40. The number of aromatic nitrogens is 1. The summed E-state index contributed by atoms with van der Waals surface area (Å²) in [7, 11) is -1.18. The van der Waals surface area contributed by atoms with E-state index in [2.05, 4.69) is 52.6 Å². The zero-order valence-electron chi connectivity index (χ0n) is 23.9. The van der Waals surface area contributed by atoms with Gasteiger partial charge in [-0.15, -0.1) is 0 Å². The van der Waals surface area contributed by atoms with Gasteiger partial charge >= 0.3 is 0 Å². The maximum Gasteiger partial charge on any atom is 0.178 e. The van der Waals surface area contributed by atoms with Crippen molar-refractivity contribution in [3.05, 3.63) is 64.3 Å². The van der Waals surface area contributed by atoms with Gasteiger partial charge < -0.3 is 4.98 Å². The molecule has 1 fully saturated rings. The average molecular weight is 496 g/mol. The van der Waals surface area contributed by atoms with Crippen LogP contribution in [0.15, 0.2) is 41.4 Å². The molecule has 1 atom stereocenters. The molecule has 3 aromatic rings. The van der Waals surface area contributed by atoms with Gasteiger partial charge in [0.15, 0.2) is 11.2 Å². The monoisotopic (exact) mass is 495 g/mol. The van der Waals surface area contributed by atoms with E-state index in [4.69, 9.17) is 1.41 Å². The Hall–Kier alpha value is -2.11. The van der Waals surface area contributed by atoms with Crippen molar-refractivity contribution >= 4 is 20.7 Å². The van der Waals surface area contributed by atoms with Crippen molar-refractivity contribution < 1.29 is 9.83 Å². The minimum absolute atomic E-state index is 0.0651. The van der Waals surface area contributed by atoms with Gasteiger partial charge in [-0.2, -0.15) is 0 Å². The van der Waals surface area contributed by atoms with Crippen LogP contribution in [-0.2, 0) is 21.7 Å². The second-order valence-electron chi connectivity index (χ2n) is 12.0. The van der Waals surface area contributed by atoms with E-state index in [9.17, 15) is 8.42 Å². The summed E-state index contributed by atoms with van der Waals surface area (Å²) in [5, 5.41) is 1.05. The van der Waals surface area contributed by atoms with Gasteiger partial charge in [0, 0.05) is 28.1 Å². The van der Waals surface area contributed by atoms with E-state index < -0.39 is 9.84 Å². The van der Waals surface area contributed by atoms with E-state index in [1.807, 2.05) is 39.1 Å². The number of aryl methyl sites for hydroxylation is 4. The predicted octanol–water partition coefficient (Wildman–Crippen LogP) is 6.51. The molecule has 0 unspecified atom stereocenters. The third-order valence-electron chi connectivity index (χ3n) is 9.60. The van der Waals surface area contributed by atoms with Crippen LogP contribution in [0.1, 0.15) is 68.9 Å². The Kier molecular flexibility index (Phi) is 5.96. The van der Waals surface area contributed by atoms with Gasteiger partial charge in [-0.25, -0.2) is 8.42 Å². The van der Waals surface area contributed by atoms with Gasteiger partial charge in [0.05, 0.1) is 10.6 Å². The number of likely N-dealkylation sites (N-methyl/N-ethyl adjacent to an activating group) is 1. The molecule has 35 heavy (non-hydrogen) atoms. The number of nitrogens with zero attached hydrogens (tertiary/aromatic N) is 1. The van der Waals surface area contributed by atoms with E-state index in [1.54, 1.807) is 12.1 Å². The Morgan fingerprint density at radius 2 is 1.74 bits per heavy atom. The van der Waals surface area contributed by atoms with Crippen molar-refractivity contribution in [1.29, 1.82) is 0 Å². The van der Waals surface area contributed by atoms with Crippen LogP contribution in [0.4, 0.5) is 0 Å². The SMILES string of the molecule is [2H]n1cc(C(C)(C)[C@]2(C)N(C)CCC2(C)C)c2cc(CCS(=O)(=O)c3ccc(C)c(C)c3)c(C)cc21. The summed E-state index contributed by atoms with van der Waals surface area (Å²) >= 11 is 0. The molecule has 0 radical (unpaired) electrons. The smallest absolute Gasteiger partial charge is 0.178 e. The Bertz CT molecular complexity index is 1430. The van der Waals surface area contributed by atoms with Crippen LogP contribution < -0.4 is 0 Å². The van der Waals surface area contributed by atoms with Crippen molar-refractivity contribution in [3.8, 4) is 0 Å². The zero-order chi connectivity index (χ0) is 26.8. The Morgan fingerprint density at radius 1 is 1.06 bits per heavy atom. The fourth-order valence-electron chi connectivity index (χ4n) is 6.32. The lowest BCUT2D eigenvalue weighted by molar-refractivity contribution is 0.0234. The third kappa shape index (κ3) is 4.05. The maximum absolute atomic E-state index is 13.2. The lowest BCUT2D eigenvalue weighted by Crippen LogP contribution is -2.59. The van der Waals surface area contributed by atoms with Crippen LogP contribution in [0.3, 0.4) is 0 Å². The summed E-state index contributed by atoms with van der Waals surface area (Å²) in [6.07, 6.45) is 3.54. The molecule has 1 saturated heterocycles. The summed E-state index contributed by atoms with van der Waals surface area (Å²) in [5.74, 6) is 0.0651. The predicted molar refractivity (Wildman–Crippen MR) is 147 cm³/mol. The third-order valence-corrected chi connectivity index (χ3v) is 11.3. The molecule has 0 saturated carbocycles. The highest BCUT2D eigenvalue weighted by Gasteiger charge is 2.58. The number of hydrogen-bond donors (Lipinski definition) is 1. The summed E-state index contributed by atoms with van der Waals surface area (Å²) < 4.78 is 35.0. The Labute approximate surface area is 213 Å². The highest BCUT2D eigenvalue weighted by molar-refractivity contribution is 7.91. The lowest BCUT2D eigenvalue weighted by Gasteiger charge is -2.53. The van der Waals surface area contributed by atoms with E-state index in [-0.39, 0.29) is 22.1 Å². The molecular formula is C30H42N2O2S. The van der Waals surface area contributed by atoms with Gasteiger partial charge in [0.2, 0.25) is 0 Å². The largest absolute Gasteiger partial charge is 0.361 e. The number of rotatable bonds is 6. The van der Waals surface area contributed by atoms with Crippen molar-refractivity contribution in [1.82, 2.24) is 9.88 Å². The quantitative estimate of drug-likeness (QED) is 0.424. The maximum atomic E-state index is 13.2. The summed E-state index contributed by atoms with van der Waals surface area (Å²) in [4.78, 5) is 4.36. The first-order valence-corrected chi connectivity index (χ1v) is 14.3. The van der Waals surface area contributed by atoms with Crippen LogP contribution >= 0.6 is 0 Å². The fourth-order valence-corrected chi connectivity index (χ4v) is 7.67. The fraction of sp³-hybridized carbons (Fsp3) is 0.533. The Balaban J connectivity index is 1.75. The number of benzene rings is 2. The van der Waals surface area contributed by atoms with Gasteiger partial charge in [0.25, 0.3) is 0 Å². The first kappa shape index (κ1) is 24.6. The zero-order valence-corrected chi connectivity index (χ0v) is 23.7. The van der Waals surface area contributed by atoms with Crippen molar-refractivity contribution in [2.24, 2.45) is 5.41 Å². The number of sulfone groups is 1. The van der Waals surface area contributed by atoms with Gasteiger partial charge in [-0.3, -0.25) is 4.90 Å². The molecular weight excluding hydrogens is 452 g/mol. The minimum Gasteiger partial charge on any atom is -0.361 e. The van der Waals surface area contributed by atoms with Crippen LogP contribution in [0.2, 0.25) is 1.41 Å². The van der Waals surface area contributed by atoms with Crippen LogP contribution in [0.5, 0.6) is 0 Å². The molecule has 0 spiro atoms. The number of likely N-dealkylation sites (tertiary alicyclic amines) is 1. The molecule has 1 aliphatic rings. The number of nitrogens with one attached hydrogen (secondary N) is 1. The summed E-state index contributed by atoms with van der Waals surface area (Å²) in [6.45, 7) is 18.7. The molecule has 4 nitrogen and oxygen atoms in total. The van der Waals surface area contributed by atoms with Gasteiger partial charge in [-0.05, 0) is 112 Å². The van der Waals surface area contributed by atoms with Gasteiger partial charge in [0.1, 0.15) is 0 Å². The van der Waals surface area contributed by atoms with Gasteiger partial charge in [-0.1, -0.05) is 33.8 Å². The molecule has 1 aromatic heterocycles. The summed E-state index contributed by atoms with van der Waals surface area (Å²) in [5.41, 5.74) is 5.93. The molecule has 1 aliphatic heterocycles. The van der Waals surface area contributed by atoms with E-state index >= 15 is 0 Å². The number of hydrogen-bond acceptors (Lipinski definition) is 3. The summed E-state index contributed by atoms with van der Waals surface area (Å²) in [6, 6.07) is 9.57. The lowest BCUT2D eigenvalue weighted by atomic mass is 9.57. The second-order valence-corrected chi connectivity index (χ2v) is 14.1. The molecule has 4 rings (SSSR count). The van der Waals surface area contributed by atoms with Crippen molar-refractivity contribution in [2.45, 2.75) is 84.1 Å². The second kappa shape index (κ2) is 8.48. The number of aromatic amines is 1. The average Bonchev–Trinajstić information content (AvgIpc) is 3.23. The molecule has 2 aromatic carbocycles. The van der Waals surface area contributed by atoms with E-state index in [0.29, 0.717) is 11.3 Å². The highest BCUT2D eigenvalue weighted by atomic mass is 32.2. The van der Waals surface area contributed by atoms with Crippen molar-refractivity contribution in [3.63, 3.8) is 0 Å². The Morgan fingerprint density at radius 3 is 2.34 bits per heavy atom. The normalized spacial score (nSPS) is 21.6. The molecule has 190 valence electrons. The van der Waals surface area contributed by atoms with Crippen LogP contribution in [0, 0.1) is 26.2 Å². The van der Waals surface area contributed by atoms with E-state index in [0.717, 1.165) is 51.7 Å². The number of H-pyrrole nitrogens is 1. The van der Waals surface area contributed by atoms with E-state index in [1.165, 1.54) is 4.98 Å². The number of fused-ring (bicyclic) bond motifs is 1. The highest BCUT2D eigenvalue weighted by Crippen LogP contribution is 2.55. The van der Waals surface area contributed by atoms with Crippen LogP contribution in [-0.4, -0.2) is 43.2 Å². The molecule has 2 heterocycles. The molecule has 1 N–H and O–H groups in total.